The molecule has 0 amide bonds. The van der Waals surface area contributed by atoms with Crippen molar-refractivity contribution in [2.24, 2.45) is 5.92 Å². The molecule has 0 aromatic heterocycles. The Morgan fingerprint density at radius 2 is 2.13 bits per heavy atom. The van der Waals surface area contributed by atoms with Crippen LogP contribution in [0, 0.1) is 5.92 Å². The molecule has 0 N–H and O–H groups in total. The van der Waals surface area contributed by atoms with E-state index in [0.29, 0.717) is 5.41 Å². The lowest BCUT2D eigenvalue weighted by atomic mass is 9.79. The van der Waals surface area contributed by atoms with Crippen LogP contribution in [-0.2, 0) is 5.41 Å². The van der Waals surface area contributed by atoms with Gasteiger partial charge in [-0.25, -0.2) is 0 Å². The van der Waals surface area contributed by atoms with Crippen LogP contribution in [0.1, 0.15) is 35.2 Å². The highest BCUT2D eigenvalue weighted by Gasteiger charge is 2.62. The fourth-order valence-corrected chi connectivity index (χ4v) is 3.65. The van der Waals surface area contributed by atoms with Gasteiger partial charge in [0.2, 0.25) is 0 Å². The van der Waals surface area contributed by atoms with Gasteiger partial charge in [-0.15, -0.1) is 0 Å². The Bertz CT molecular complexity index is 512. The number of carbonyl (C=O) groups excluding carboxylic acids is 1. The molecule has 0 aliphatic heterocycles. The zero-order valence-electron chi connectivity index (χ0n) is 8.49. The standard InChI is InChI=1S/C14H12O/c15-13-7-9-5-6-10-8-14(9,10)12-4-2-1-3-11(12)13/h1-4,7,10H,5-6,8H2/t10-,14+/m0/s1. The third kappa shape index (κ3) is 0.750. The molecule has 1 nitrogen and oxygen atoms in total. The van der Waals surface area contributed by atoms with Gasteiger partial charge in [0.05, 0.1) is 0 Å². The molecule has 0 saturated heterocycles. The second-order valence-corrected chi connectivity index (χ2v) is 4.99. The van der Waals surface area contributed by atoms with E-state index in [9.17, 15) is 4.79 Å². The highest BCUT2D eigenvalue weighted by Crippen LogP contribution is 2.68. The van der Waals surface area contributed by atoms with Crippen molar-refractivity contribution in [3.8, 4) is 0 Å². The molecule has 1 spiro atoms. The molecule has 1 aromatic carbocycles. The second kappa shape index (κ2) is 2.24. The van der Waals surface area contributed by atoms with E-state index in [1.165, 1.54) is 24.0 Å². The van der Waals surface area contributed by atoms with E-state index in [2.05, 4.69) is 12.1 Å². The maximum absolute atomic E-state index is 11.9. The molecular weight excluding hydrogens is 184 g/mol. The Morgan fingerprint density at radius 1 is 1.27 bits per heavy atom. The summed E-state index contributed by atoms with van der Waals surface area (Å²) in [5.74, 6) is 1.05. The summed E-state index contributed by atoms with van der Waals surface area (Å²) < 4.78 is 0. The number of fused-ring (bicyclic) bond motifs is 1. The average molecular weight is 196 g/mol. The molecule has 2 saturated carbocycles. The predicted molar refractivity (Wildman–Crippen MR) is 57.9 cm³/mol. The van der Waals surface area contributed by atoms with E-state index < -0.39 is 0 Å². The number of benzene rings is 1. The van der Waals surface area contributed by atoms with Crippen LogP contribution < -0.4 is 0 Å². The summed E-state index contributed by atoms with van der Waals surface area (Å²) in [5.41, 5.74) is 3.99. The smallest absolute Gasteiger partial charge is 0.186 e. The summed E-state index contributed by atoms with van der Waals surface area (Å²) in [6, 6.07) is 8.18. The van der Waals surface area contributed by atoms with Gasteiger partial charge in [0, 0.05) is 11.0 Å². The van der Waals surface area contributed by atoms with Gasteiger partial charge in [0.1, 0.15) is 0 Å². The summed E-state index contributed by atoms with van der Waals surface area (Å²) >= 11 is 0. The van der Waals surface area contributed by atoms with E-state index in [0.717, 1.165) is 17.9 Å². The quantitative estimate of drug-likeness (QED) is 0.623. The number of allylic oxidation sites excluding steroid dienone is 2. The van der Waals surface area contributed by atoms with Crippen LogP contribution >= 0.6 is 0 Å². The molecule has 0 unspecified atom stereocenters. The summed E-state index contributed by atoms with van der Waals surface area (Å²) in [5, 5.41) is 0. The lowest BCUT2D eigenvalue weighted by molar-refractivity contribution is 0.104. The van der Waals surface area contributed by atoms with E-state index in [1.807, 2.05) is 18.2 Å². The van der Waals surface area contributed by atoms with Gasteiger partial charge in [-0.1, -0.05) is 29.8 Å². The van der Waals surface area contributed by atoms with Crippen LogP contribution in [-0.4, -0.2) is 5.78 Å². The zero-order valence-corrected chi connectivity index (χ0v) is 8.49. The first kappa shape index (κ1) is 7.86. The highest BCUT2D eigenvalue weighted by atomic mass is 16.1. The molecule has 15 heavy (non-hydrogen) atoms. The fraction of sp³-hybridized carbons (Fsp3) is 0.357. The fourth-order valence-electron chi connectivity index (χ4n) is 3.65. The first-order valence-electron chi connectivity index (χ1n) is 5.67. The van der Waals surface area contributed by atoms with Crippen molar-refractivity contribution in [1.29, 1.82) is 0 Å². The van der Waals surface area contributed by atoms with Crippen molar-refractivity contribution in [2.45, 2.75) is 24.7 Å². The first-order chi connectivity index (χ1) is 7.32. The minimum atomic E-state index is 0.221. The SMILES string of the molecule is O=C1C=C2CC[C@H]3C[C@@]23c2ccccc21. The van der Waals surface area contributed by atoms with Crippen LogP contribution in [0.5, 0.6) is 0 Å². The van der Waals surface area contributed by atoms with E-state index >= 15 is 0 Å². The first-order valence-corrected chi connectivity index (χ1v) is 5.67. The molecule has 2 fully saturated rings. The number of carbonyl (C=O) groups is 1. The monoisotopic (exact) mass is 196 g/mol. The Kier molecular flexibility index (Phi) is 1.17. The van der Waals surface area contributed by atoms with Crippen LogP contribution in [0.15, 0.2) is 35.9 Å². The Hall–Kier alpha value is -1.37. The molecule has 3 aliphatic rings. The van der Waals surface area contributed by atoms with Crippen molar-refractivity contribution in [3.63, 3.8) is 0 Å². The topological polar surface area (TPSA) is 17.1 Å². The van der Waals surface area contributed by atoms with Crippen LogP contribution in [0.3, 0.4) is 0 Å². The van der Waals surface area contributed by atoms with Crippen LogP contribution in [0.4, 0.5) is 0 Å². The number of ketones is 1. The Balaban J connectivity index is 2.05. The van der Waals surface area contributed by atoms with Crippen molar-refractivity contribution >= 4 is 5.78 Å². The molecular formula is C14H12O. The molecule has 1 aromatic rings. The van der Waals surface area contributed by atoms with E-state index in [1.54, 1.807) is 0 Å². The average Bonchev–Trinajstić information content (AvgIpc) is 2.89. The van der Waals surface area contributed by atoms with Gasteiger partial charge in [-0.3, -0.25) is 4.79 Å². The Labute approximate surface area is 88.8 Å². The molecule has 0 radical (unpaired) electrons. The molecule has 0 heterocycles. The van der Waals surface area contributed by atoms with Crippen molar-refractivity contribution in [2.75, 3.05) is 0 Å². The van der Waals surface area contributed by atoms with Gasteiger partial charge < -0.3 is 0 Å². The minimum absolute atomic E-state index is 0.221. The van der Waals surface area contributed by atoms with Crippen molar-refractivity contribution < 1.29 is 4.79 Å². The number of hydrogen-bond acceptors (Lipinski definition) is 1. The highest BCUT2D eigenvalue weighted by molar-refractivity contribution is 6.08. The van der Waals surface area contributed by atoms with Crippen molar-refractivity contribution in [1.82, 2.24) is 0 Å². The third-order valence-corrected chi connectivity index (χ3v) is 4.42. The van der Waals surface area contributed by atoms with Crippen LogP contribution in [0.2, 0.25) is 0 Å². The third-order valence-electron chi connectivity index (χ3n) is 4.42. The van der Waals surface area contributed by atoms with Gasteiger partial charge in [0.15, 0.2) is 5.78 Å². The second-order valence-electron chi connectivity index (χ2n) is 4.99. The number of hydrogen-bond donors (Lipinski definition) is 0. The van der Waals surface area contributed by atoms with E-state index in [-0.39, 0.29) is 5.78 Å². The van der Waals surface area contributed by atoms with Gasteiger partial charge in [-0.2, -0.15) is 0 Å². The molecule has 2 atom stereocenters. The largest absolute Gasteiger partial charge is 0.289 e. The molecule has 74 valence electrons. The van der Waals surface area contributed by atoms with Crippen molar-refractivity contribution in [3.05, 3.63) is 47.0 Å². The normalized spacial score (nSPS) is 35.3. The van der Waals surface area contributed by atoms with Gasteiger partial charge >= 0.3 is 0 Å². The van der Waals surface area contributed by atoms with E-state index in [4.69, 9.17) is 0 Å². The lowest BCUT2D eigenvalue weighted by Gasteiger charge is -2.23. The summed E-state index contributed by atoms with van der Waals surface area (Å²) in [6.45, 7) is 0. The molecule has 0 bridgehead atoms. The lowest BCUT2D eigenvalue weighted by Crippen LogP contribution is -2.19. The van der Waals surface area contributed by atoms with Gasteiger partial charge in [0.25, 0.3) is 0 Å². The maximum atomic E-state index is 11.9. The molecule has 4 rings (SSSR count). The Morgan fingerprint density at radius 3 is 3.00 bits per heavy atom. The maximum Gasteiger partial charge on any atom is 0.186 e. The summed E-state index contributed by atoms with van der Waals surface area (Å²) in [4.78, 5) is 11.9. The zero-order chi connectivity index (χ0) is 10.0. The molecule has 3 aliphatic carbocycles. The predicted octanol–water partition coefficient (Wildman–Crippen LogP) is 2.86. The molecule has 1 heteroatoms. The van der Waals surface area contributed by atoms with Crippen LogP contribution in [0.25, 0.3) is 0 Å². The van der Waals surface area contributed by atoms with Gasteiger partial charge in [-0.05, 0) is 36.8 Å². The minimum Gasteiger partial charge on any atom is -0.289 e. The number of rotatable bonds is 0. The summed E-state index contributed by atoms with van der Waals surface area (Å²) in [7, 11) is 0. The summed E-state index contributed by atoms with van der Waals surface area (Å²) in [6.07, 6.45) is 5.62.